The Hall–Kier alpha value is -1.28. The normalized spacial score (nSPS) is 23.3. The van der Waals surface area contributed by atoms with Gasteiger partial charge in [-0.05, 0) is 62.9 Å². The molecule has 148 valence electrons. The molecular formula is C19H26ClFN4OS. The number of halogens is 2. The van der Waals surface area contributed by atoms with Crippen LogP contribution in [0.2, 0.25) is 0 Å². The number of hydrogen-bond acceptors (Lipinski definition) is 5. The van der Waals surface area contributed by atoms with Gasteiger partial charge in [0.1, 0.15) is 10.8 Å². The molecule has 0 bridgehead atoms. The SMILES string of the molecule is Cl.O=C(NCC1CCCN(Cc2nc3ccc(F)cc3s2)C1)C1CCCN1. The van der Waals surface area contributed by atoms with Crippen LogP contribution in [-0.2, 0) is 11.3 Å². The first-order valence-corrected chi connectivity index (χ1v) is 10.3. The summed E-state index contributed by atoms with van der Waals surface area (Å²) in [5, 5.41) is 7.40. The Labute approximate surface area is 169 Å². The molecule has 2 aliphatic heterocycles. The fourth-order valence-electron chi connectivity index (χ4n) is 3.94. The van der Waals surface area contributed by atoms with E-state index in [1.165, 1.54) is 6.07 Å². The molecule has 27 heavy (non-hydrogen) atoms. The molecule has 1 aromatic carbocycles. The summed E-state index contributed by atoms with van der Waals surface area (Å²) >= 11 is 1.57. The minimum atomic E-state index is -0.210. The molecule has 2 aliphatic rings. The van der Waals surface area contributed by atoms with Crippen LogP contribution in [0.5, 0.6) is 0 Å². The maximum atomic E-state index is 13.3. The fraction of sp³-hybridized carbons (Fsp3) is 0.579. The number of piperidine rings is 1. The molecule has 5 nitrogen and oxygen atoms in total. The van der Waals surface area contributed by atoms with Gasteiger partial charge in [0.25, 0.3) is 0 Å². The second-order valence-corrected chi connectivity index (χ2v) is 8.47. The Kier molecular flexibility index (Phi) is 7.03. The minimum Gasteiger partial charge on any atom is -0.354 e. The lowest BCUT2D eigenvalue weighted by molar-refractivity contribution is -0.123. The van der Waals surface area contributed by atoms with Gasteiger partial charge in [-0.2, -0.15) is 0 Å². The van der Waals surface area contributed by atoms with Crippen LogP contribution in [0.15, 0.2) is 18.2 Å². The van der Waals surface area contributed by atoms with Crippen LogP contribution in [-0.4, -0.2) is 48.0 Å². The van der Waals surface area contributed by atoms with Gasteiger partial charge in [-0.15, -0.1) is 23.7 Å². The van der Waals surface area contributed by atoms with Gasteiger partial charge >= 0.3 is 0 Å². The zero-order chi connectivity index (χ0) is 17.9. The Bertz CT molecular complexity index is 780. The number of likely N-dealkylation sites (tertiary alicyclic amines) is 1. The summed E-state index contributed by atoms with van der Waals surface area (Å²) in [5.41, 5.74) is 0.872. The first-order chi connectivity index (χ1) is 12.7. The van der Waals surface area contributed by atoms with Crippen molar-refractivity contribution in [2.24, 2.45) is 5.92 Å². The van der Waals surface area contributed by atoms with Crippen molar-refractivity contribution >= 4 is 39.9 Å². The summed E-state index contributed by atoms with van der Waals surface area (Å²) < 4.78 is 14.3. The van der Waals surface area contributed by atoms with Crippen molar-refractivity contribution in [3.63, 3.8) is 0 Å². The predicted molar refractivity (Wildman–Crippen MR) is 109 cm³/mol. The van der Waals surface area contributed by atoms with Gasteiger partial charge in [-0.25, -0.2) is 9.37 Å². The highest BCUT2D eigenvalue weighted by atomic mass is 35.5. The molecule has 2 atom stereocenters. The molecule has 3 heterocycles. The number of rotatable bonds is 5. The minimum absolute atomic E-state index is 0. The van der Waals surface area contributed by atoms with Crippen LogP contribution in [0.4, 0.5) is 4.39 Å². The molecule has 0 aliphatic carbocycles. The lowest BCUT2D eigenvalue weighted by Crippen LogP contribution is -2.45. The predicted octanol–water partition coefficient (Wildman–Crippen LogP) is 2.94. The second-order valence-electron chi connectivity index (χ2n) is 7.36. The zero-order valence-electron chi connectivity index (χ0n) is 15.2. The van der Waals surface area contributed by atoms with Crippen LogP contribution in [0, 0.1) is 11.7 Å². The first kappa shape index (κ1) is 20.5. The van der Waals surface area contributed by atoms with E-state index in [9.17, 15) is 9.18 Å². The number of nitrogens with zero attached hydrogens (tertiary/aromatic N) is 2. The summed E-state index contributed by atoms with van der Waals surface area (Å²) in [5.74, 6) is 0.423. The molecule has 2 saturated heterocycles. The summed E-state index contributed by atoms with van der Waals surface area (Å²) in [7, 11) is 0. The third kappa shape index (κ3) is 5.16. The van der Waals surface area contributed by atoms with E-state index >= 15 is 0 Å². The topological polar surface area (TPSA) is 57.3 Å². The van der Waals surface area contributed by atoms with Crippen LogP contribution in [0.3, 0.4) is 0 Å². The van der Waals surface area contributed by atoms with Gasteiger partial charge < -0.3 is 10.6 Å². The maximum Gasteiger partial charge on any atom is 0.237 e. The highest BCUT2D eigenvalue weighted by Gasteiger charge is 2.25. The van der Waals surface area contributed by atoms with Crippen molar-refractivity contribution in [1.29, 1.82) is 0 Å². The highest BCUT2D eigenvalue weighted by Crippen LogP contribution is 2.25. The molecule has 0 saturated carbocycles. The van der Waals surface area contributed by atoms with Crippen LogP contribution in [0.1, 0.15) is 30.7 Å². The molecule has 1 amide bonds. The number of benzene rings is 1. The first-order valence-electron chi connectivity index (χ1n) is 9.46. The molecule has 2 N–H and O–H groups in total. The Balaban J connectivity index is 0.00000210. The monoisotopic (exact) mass is 412 g/mol. The van der Waals surface area contributed by atoms with E-state index in [1.807, 2.05) is 0 Å². The van der Waals surface area contributed by atoms with Crippen LogP contribution < -0.4 is 10.6 Å². The lowest BCUT2D eigenvalue weighted by atomic mass is 9.98. The molecule has 2 unspecified atom stereocenters. The number of carbonyl (C=O) groups is 1. The Morgan fingerprint density at radius 2 is 2.26 bits per heavy atom. The highest BCUT2D eigenvalue weighted by molar-refractivity contribution is 7.18. The lowest BCUT2D eigenvalue weighted by Gasteiger charge is -2.32. The van der Waals surface area contributed by atoms with Gasteiger partial charge in [0.15, 0.2) is 0 Å². The number of amides is 1. The molecular weight excluding hydrogens is 387 g/mol. The number of aromatic nitrogens is 1. The number of carbonyl (C=O) groups excluding carboxylic acids is 1. The molecule has 0 spiro atoms. The molecule has 2 aromatic rings. The molecule has 4 rings (SSSR count). The maximum absolute atomic E-state index is 13.3. The molecule has 8 heteroatoms. The van der Waals surface area contributed by atoms with E-state index in [0.29, 0.717) is 5.92 Å². The summed E-state index contributed by atoms with van der Waals surface area (Å²) in [6.07, 6.45) is 4.32. The third-order valence-corrected chi connectivity index (χ3v) is 6.30. The van der Waals surface area contributed by atoms with Crippen molar-refractivity contribution in [2.45, 2.75) is 38.3 Å². The second kappa shape index (κ2) is 9.28. The Morgan fingerprint density at radius 1 is 1.37 bits per heavy atom. The molecule has 2 fully saturated rings. The summed E-state index contributed by atoms with van der Waals surface area (Å²) in [4.78, 5) is 19.2. The standard InChI is InChI=1S/C19H25FN4OS.ClH/c20-14-5-6-15-17(9-14)26-18(23-15)12-24-8-2-3-13(11-24)10-22-19(25)16-4-1-7-21-16;/h5-6,9,13,16,21H,1-4,7-8,10-12H2,(H,22,25);1H. The van der Waals surface area contributed by atoms with E-state index in [2.05, 4.69) is 20.5 Å². The van der Waals surface area contributed by atoms with Gasteiger partial charge in [-0.3, -0.25) is 9.69 Å². The van der Waals surface area contributed by atoms with Crippen molar-refractivity contribution < 1.29 is 9.18 Å². The van der Waals surface area contributed by atoms with Gasteiger partial charge in [-0.1, -0.05) is 0 Å². The smallest absolute Gasteiger partial charge is 0.237 e. The largest absolute Gasteiger partial charge is 0.354 e. The number of fused-ring (bicyclic) bond motifs is 1. The van der Waals surface area contributed by atoms with Gasteiger partial charge in [0, 0.05) is 13.1 Å². The van der Waals surface area contributed by atoms with Gasteiger partial charge in [0.05, 0.1) is 22.8 Å². The number of thiazole rings is 1. The summed E-state index contributed by atoms with van der Waals surface area (Å²) in [6, 6.07) is 4.76. The fourth-order valence-corrected chi connectivity index (χ4v) is 4.98. The zero-order valence-corrected chi connectivity index (χ0v) is 16.9. The van der Waals surface area contributed by atoms with E-state index in [4.69, 9.17) is 0 Å². The average Bonchev–Trinajstić information content (AvgIpc) is 3.29. The molecule has 0 radical (unpaired) electrons. The van der Waals surface area contributed by atoms with Crippen molar-refractivity contribution in [1.82, 2.24) is 20.5 Å². The van der Waals surface area contributed by atoms with Crippen molar-refractivity contribution in [3.05, 3.63) is 29.0 Å². The quantitative estimate of drug-likeness (QED) is 0.792. The van der Waals surface area contributed by atoms with E-state index < -0.39 is 0 Å². The van der Waals surface area contributed by atoms with Gasteiger partial charge in [0.2, 0.25) is 5.91 Å². The third-order valence-electron chi connectivity index (χ3n) is 5.30. The van der Waals surface area contributed by atoms with Crippen LogP contribution in [0.25, 0.3) is 10.2 Å². The number of hydrogen-bond donors (Lipinski definition) is 2. The van der Waals surface area contributed by atoms with Crippen LogP contribution >= 0.6 is 23.7 Å². The average molecular weight is 413 g/mol. The van der Waals surface area contributed by atoms with Crippen molar-refractivity contribution in [2.75, 3.05) is 26.2 Å². The van der Waals surface area contributed by atoms with E-state index in [0.717, 1.165) is 73.6 Å². The Morgan fingerprint density at radius 3 is 3.07 bits per heavy atom. The summed E-state index contributed by atoms with van der Waals surface area (Å²) in [6.45, 7) is 4.52. The van der Waals surface area contributed by atoms with E-state index in [1.54, 1.807) is 23.5 Å². The van der Waals surface area contributed by atoms with Crippen molar-refractivity contribution in [3.8, 4) is 0 Å². The number of nitrogens with one attached hydrogen (secondary N) is 2. The van der Waals surface area contributed by atoms with E-state index in [-0.39, 0.29) is 30.2 Å². The molecule has 1 aromatic heterocycles.